The molecular weight excluding hydrogens is 328 g/mol. The number of nitrogens with zero attached hydrogens (tertiary/aromatic N) is 1. The lowest BCUT2D eigenvalue weighted by Crippen LogP contribution is -3.16. The first-order chi connectivity index (χ1) is 12.5. The van der Waals surface area contributed by atoms with Gasteiger partial charge < -0.3 is 24.8 Å². The van der Waals surface area contributed by atoms with Crippen molar-refractivity contribution in [2.24, 2.45) is 0 Å². The predicted octanol–water partition coefficient (Wildman–Crippen LogP) is -0.958. The van der Waals surface area contributed by atoms with Crippen molar-refractivity contribution in [3.05, 3.63) is 24.3 Å². The predicted molar refractivity (Wildman–Crippen MR) is 104 cm³/mol. The number of benzene rings is 1. The number of anilines is 2. The molecule has 0 aromatic heterocycles. The standard InChI is InChI=1S/C20H32N4O2/c1-4-22-9-11-24(12-10-22)19-7-5-18(6-8-19)21-20(25)15-23-13-16(2)26-17(3)14-23/h5-8,16-17H,4,9-15H2,1-3H3,(H,21,25)/p+2/t16-,17-/m0/s1. The van der Waals surface area contributed by atoms with Gasteiger partial charge in [-0.3, -0.25) is 4.79 Å². The van der Waals surface area contributed by atoms with Crippen molar-refractivity contribution in [2.45, 2.75) is 33.0 Å². The molecule has 0 unspecified atom stereocenters. The summed E-state index contributed by atoms with van der Waals surface area (Å²) in [5, 5.41) is 3.04. The Kier molecular flexibility index (Phi) is 6.51. The molecule has 0 saturated carbocycles. The number of carbonyl (C=O) groups is 1. The van der Waals surface area contributed by atoms with Crippen molar-refractivity contribution >= 4 is 17.3 Å². The quantitative estimate of drug-likeness (QED) is 0.633. The number of amides is 1. The van der Waals surface area contributed by atoms with Gasteiger partial charge in [0.2, 0.25) is 0 Å². The zero-order valence-electron chi connectivity index (χ0n) is 16.4. The Hall–Kier alpha value is -1.63. The summed E-state index contributed by atoms with van der Waals surface area (Å²) in [4.78, 5) is 17.8. The number of nitrogens with one attached hydrogen (secondary N) is 3. The van der Waals surface area contributed by atoms with Crippen LogP contribution < -0.4 is 20.0 Å². The molecule has 2 aliphatic rings. The summed E-state index contributed by atoms with van der Waals surface area (Å²) in [6, 6.07) is 8.29. The normalized spacial score (nSPS) is 27.3. The van der Waals surface area contributed by atoms with E-state index in [1.54, 1.807) is 4.90 Å². The number of morpholine rings is 1. The summed E-state index contributed by atoms with van der Waals surface area (Å²) < 4.78 is 5.74. The minimum absolute atomic E-state index is 0.0780. The zero-order valence-corrected chi connectivity index (χ0v) is 16.4. The molecular formula is C20H34N4O2+2. The van der Waals surface area contributed by atoms with E-state index in [-0.39, 0.29) is 18.1 Å². The molecule has 144 valence electrons. The van der Waals surface area contributed by atoms with Gasteiger partial charge in [0.15, 0.2) is 6.54 Å². The molecule has 0 radical (unpaired) electrons. The van der Waals surface area contributed by atoms with Crippen LogP contribution in [0, 0.1) is 0 Å². The molecule has 0 bridgehead atoms. The molecule has 2 saturated heterocycles. The van der Waals surface area contributed by atoms with Crippen LogP contribution in [0.1, 0.15) is 20.8 Å². The fourth-order valence-electron chi connectivity index (χ4n) is 4.16. The van der Waals surface area contributed by atoms with E-state index in [1.807, 2.05) is 12.1 Å². The maximum atomic E-state index is 12.4. The second-order valence-electron chi connectivity index (χ2n) is 7.78. The molecule has 2 atom stereocenters. The summed E-state index contributed by atoms with van der Waals surface area (Å²) in [5.41, 5.74) is 2.13. The SMILES string of the molecule is CC[NH+]1CCN(c2ccc(NC(=O)C[NH+]3C[C@H](C)O[C@@H](C)C3)cc2)CC1. The van der Waals surface area contributed by atoms with Crippen LogP contribution in [0.15, 0.2) is 24.3 Å². The summed E-state index contributed by atoms with van der Waals surface area (Å²) in [6.45, 7) is 14.5. The van der Waals surface area contributed by atoms with Crippen molar-refractivity contribution in [1.29, 1.82) is 0 Å². The molecule has 2 aliphatic heterocycles. The van der Waals surface area contributed by atoms with Gasteiger partial charge in [-0.15, -0.1) is 0 Å². The van der Waals surface area contributed by atoms with Crippen molar-refractivity contribution in [3.8, 4) is 0 Å². The third-order valence-corrected chi connectivity index (χ3v) is 5.51. The van der Waals surface area contributed by atoms with Crippen LogP contribution in [-0.4, -0.2) is 70.5 Å². The van der Waals surface area contributed by atoms with E-state index in [2.05, 4.69) is 43.1 Å². The van der Waals surface area contributed by atoms with E-state index >= 15 is 0 Å². The summed E-state index contributed by atoms with van der Waals surface area (Å²) in [7, 11) is 0. The number of hydrogen-bond donors (Lipinski definition) is 3. The van der Waals surface area contributed by atoms with Gasteiger partial charge in [-0.2, -0.15) is 0 Å². The van der Waals surface area contributed by atoms with Crippen LogP contribution in [0.25, 0.3) is 0 Å². The first-order valence-electron chi connectivity index (χ1n) is 10.0. The molecule has 3 N–H and O–H groups in total. The lowest BCUT2D eigenvalue weighted by molar-refractivity contribution is -0.907. The minimum atomic E-state index is 0.0780. The van der Waals surface area contributed by atoms with Crippen LogP contribution in [0.5, 0.6) is 0 Å². The molecule has 26 heavy (non-hydrogen) atoms. The number of piperazine rings is 1. The monoisotopic (exact) mass is 362 g/mol. The molecule has 0 aliphatic carbocycles. The highest BCUT2D eigenvalue weighted by Crippen LogP contribution is 2.17. The van der Waals surface area contributed by atoms with Gasteiger partial charge in [-0.1, -0.05) is 0 Å². The van der Waals surface area contributed by atoms with Crippen LogP contribution in [0.2, 0.25) is 0 Å². The van der Waals surface area contributed by atoms with E-state index in [9.17, 15) is 4.79 Å². The Bertz CT molecular complexity index is 574. The molecule has 6 nitrogen and oxygen atoms in total. The highest BCUT2D eigenvalue weighted by molar-refractivity contribution is 5.91. The van der Waals surface area contributed by atoms with Gasteiger partial charge in [0, 0.05) is 11.4 Å². The number of carbonyl (C=O) groups excluding carboxylic acids is 1. The zero-order chi connectivity index (χ0) is 18.5. The van der Waals surface area contributed by atoms with Crippen molar-refractivity contribution in [2.75, 3.05) is 62.6 Å². The largest absolute Gasteiger partial charge is 0.364 e. The smallest absolute Gasteiger partial charge is 0.279 e. The van der Waals surface area contributed by atoms with Gasteiger partial charge in [0.1, 0.15) is 25.3 Å². The molecule has 3 rings (SSSR count). The Morgan fingerprint density at radius 2 is 1.73 bits per heavy atom. The van der Waals surface area contributed by atoms with Crippen LogP contribution in [0.3, 0.4) is 0 Å². The lowest BCUT2D eigenvalue weighted by atomic mass is 10.2. The summed E-state index contributed by atoms with van der Waals surface area (Å²) >= 11 is 0. The molecule has 1 amide bonds. The van der Waals surface area contributed by atoms with Gasteiger partial charge >= 0.3 is 0 Å². The summed E-state index contributed by atoms with van der Waals surface area (Å²) in [6.07, 6.45) is 0.437. The number of rotatable bonds is 5. The maximum Gasteiger partial charge on any atom is 0.279 e. The van der Waals surface area contributed by atoms with E-state index in [1.165, 1.54) is 30.2 Å². The van der Waals surface area contributed by atoms with Gasteiger partial charge in [-0.05, 0) is 45.0 Å². The van der Waals surface area contributed by atoms with Crippen molar-refractivity contribution in [1.82, 2.24) is 0 Å². The molecule has 6 heteroatoms. The molecule has 2 heterocycles. The number of hydrogen-bond acceptors (Lipinski definition) is 3. The fraction of sp³-hybridized carbons (Fsp3) is 0.650. The van der Waals surface area contributed by atoms with Crippen LogP contribution in [-0.2, 0) is 9.53 Å². The molecule has 0 spiro atoms. The first-order valence-corrected chi connectivity index (χ1v) is 10.0. The Morgan fingerprint density at radius 1 is 1.12 bits per heavy atom. The first kappa shape index (κ1) is 19.1. The van der Waals surface area contributed by atoms with Gasteiger partial charge in [0.05, 0.1) is 32.7 Å². The third kappa shape index (κ3) is 5.19. The topological polar surface area (TPSA) is 50.5 Å². The third-order valence-electron chi connectivity index (χ3n) is 5.51. The molecule has 1 aromatic carbocycles. The van der Waals surface area contributed by atoms with E-state index in [4.69, 9.17) is 4.74 Å². The maximum absolute atomic E-state index is 12.4. The number of ether oxygens (including phenoxy) is 1. The van der Waals surface area contributed by atoms with Crippen molar-refractivity contribution < 1.29 is 19.3 Å². The van der Waals surface area contributed by atoms with Crippen LogP contribution in [0.4, 0.5) is 11.4 Å². The Morgan fingerprint density at radius 3 is 2.31 bits per heavy atom. The highest BCUT2D eigenvalue weighted by Gasteiger charge is 2.27. The number of quaternary nitrogens is 2. The molecule has 1 aromatic rings. The average molecular weight is 363 g/mol. The van der Waals surface area contributed by atoms with E-state index < -0.39 is 0 Å². The lowest BCUT2D eigenvalue weighted by Gasteiger charge is -2.33. The highest BCUT2D eigenvalue weighted by atomic mass is 16.5. The van der Waals surface area contributed by atoms with Crippen molar-refractivity contribution in [3.63, 3.8) is 0 Å². The average Bonchev–Trinajstić information content (AvgIpc) is 2.61. The fourth-order valence-corrected chi connectivity index (χ4v) is 4.16. The Labute approximate surface area is 157 Å². The van der Waals surface area contributed by atoms with E-state index in [0.29, 0.717) is 6.54 Å². The Balaban J connectivity index is 1.48. The summed E-state index contributed by atoms with van der Waals surface area (Å²) in [5.74, 6) is 0.0780. The van der Waals surface area contributed by atoms with Gasteiger partial charge in [0.25, 0.3) is 5.91 Å². The minimum Gasteiger partial charge on any atom is -0.364 e. The van der Waals surface area contributed by atoms with E-state index in [0.717, 1.165) is 31.9 Å². The second-order valence-corrected chi connectivity index (χ2v) is 7.78. The number of likely N-dealkylation sites (N-methyl/N-ethyl adjacent to an activating group) is 1. The molecule has 2 fully saturated rings. The second kappa shape index (κ2) is 8.84. The van der Waals surface area contributed by atoms with Gasteiger partial charge in [-0.25, -0.2) is 0 Å². The van der Waals surface area contributed by atoms with Crippen LogP contribution >= 0.6 is 0 Å².